The summed E-state index contributed by atoms with van der Waals surface area (Å²) in [6, 6.07) is -0.582. The van der Waals surface area contributed by atoms with Gasteiger partial charge in [-0.3, -0.25) is 23.4 Å². The fourth-order valence-corrected chi connectivity index (χ4v) is 4.82. The summed E-state index contributed by atoms with van der Waals surface area (Å²) in [5.41, 5.74) is 4.90. The fourth-order valence-electron chi connectivity index (χ4n) is 2.44. The van der Waals surface area contributed by atoms with E-state index in [4.69, 9.17) is 24.0 Å². The van der Waals surface area contributed by atoms with E-state index in [-0.39, 0.29) is 37.2 Å². The summed E-state index contributed by atoms with van der Waals surface area (Å²) in [6.45, 7) is 6.26. The van der Waals surface area contributed by atoms with Crippen molar-refractivity contribution < 1.29 is 46.8 Å². The minimum Gasteiger partial charge on any atom is -0.469 e. The Morgan fingerprint density at radius 1 is 1.21 bits per heavy atom. The summed E-state index contributed by atoms with van der Waals surface area (Å²) in [4.78, 5) is 47.2. The highest BCUT2D eigenvalue weighted by atomic mass is 32.2. The molecular formula is C19H34N3O10PS. The average Bonchev–Trinajstić information content (AvgIpc) is 2.77. The van der Waals surface area contributed by atoms with E-state index < -0.39 is 50.1 Å². The number of carbonyl (C=O) groups is 4. The molecular weight excluding hydrogens is 493 g/mol. The van der Waals surface area contributed by atoms with Gasteiger partial charge in [0.1, 0.15) is 0 Å². The molecule has 1 rings (SSSR count). The van der Waals surface area contributed by atoms with Gasteiger partial charge in [0, 0.05) is 24.3 Å². The van der Waals surface area contributed by atoms with Gasteiger partial charge in [-0.25, -0.2) is 13.9 Å². The predicted octanol–water partition coefficient (Wildman–Crippen LogP) is 1.16. The SMILES string of the molecule is COC(=O)CCNC(=O)[C@@H]1OP(=O)(OCOC(=O)NCCSC(=O)C(N)C(C)C)OCC1(C)C. The van der Waals surface area contributed by atoms with Crippen LogP contribution in [0.5, 0.6) is 0 Å². The largest absolute Gasteiger partial charge is 0.478 e. The summed E-state index contributed by atoms with van der Waals surface area (Å²) >= 11 is 0.998. The van der Waals surface area contributed by atoms with Gasteiger partial charge in [-0.1, -0.05) is 39.5 Å². The molecule has 0 bridgehead atoms. The first-order chi connectivity index (χ1) is 15.8. The Kier molecular flexibility index (Phi) is 12.5. The number of esters is 1. The lowest BCUT2D eigenvalue weighted by molar-refractivity contribution is -0.144. The van der Waals surface area contributed by atoms with E-state index in [2.05, 4.69) is 15.4 Å². The second-order valence-corrected chi connectivity index (χ2v) is 11.1. The van der Waals surface area contributed by atoms with Crippen molar-refractivity contribution in [2.24, 2.45) is 17.1 Å². The van der Waals surface area contributed by atoms with Gasteiger partial charge in [-0.05, 0) is 5.92 Å². The van der Waals surface area contributed by atoms with E-state index in [0.717, 1.165) is 11.8 Å². The third-order valence-electron chi connectivity index (χ3n) is 4.64. The summed E-state index contributed by atoms with van der Waals surface area (Å²) in [5, 5.41) is 4.74. The first-order valence-corrected chi connectivity index (χ1v) is 13.0. The third-order valence-corrected chi connectivity index (χ3v) is 6.94. The lowest BCUT2D eigenvalue weighted by Crippen LogP contribution is -2.50. The molecule has 13 nitrogen and oxygen atoms in total. The maximum Gasteiger partial charge on any atom is 0.478 e. The normalized spacial score (nSPS) is 22.5. The Hall–Kier alpha value is -1.70. The van der Waals surface area contributed by atoms with Crippen LogP contribution in [0.3, 0.4) is 0 Å². The number of nitrogens with one attached hydrogen (secondary N) is 2. The summed E-state index contributed by atoms with van der Waals surface area (Å²) in [5.74, 6) is -0.801. The van der Waals surface area contributed by atoms with E-state index in [0.29, 0.717) is 5.75 Å². The van der Waals surface area contributed by atoms with Gasteiger partial charge in [-0.2, -0.15) is 0 Å². The number of alkyl carbamates (subject to hydrolysis) is 1. The molecule has 0 radical (unpaired) electrons. The highest BCUT2D eigenvalue weighted by Gasteiger charge is 2.49. The van der Waals surface area contributed by atoms with Gasteiger partial charge in [0.15, 0.2) is 6.10 Å². The number of ether oxygens (including phenoxy) is 2. The van der Waals surface area contributed by atoms with Crippen molar-refractivity contribution in [3.8, 4) is 0 Å². The lowest BCUT2D eigenvalue weighted by atomic mass is 9.87. The van der Waals surface area contributed by atoms with Crippen LogP contribution >= 0.6 is 19.6 Å². The van der Waals surface area contributed by atoms with Crippen LogP contribution in [0.4, 0.5) is 4.79 Å². The molecule has 3 atom stereocenters. The number of carbonyl (C=O) groups excluding carboxylic acids is 4. The smallest absolute Gasteiger partial charge is 0.469 e. The van der Waals surface area contributed by atoms with E-state index in [1.54, 1.807) is 13.8 Å². The highest BCUT2D eigenvalue weighted by molar-refractivity contribution is 8.13. The lowest BCUT2D eigenvalue weighted by Gasteiger charge is -2.39. The molecule has 0 aromatic rings. The molecule has 1 fully saturated rings. The van der Waals surface area contributed by atoms with E-state index in [9.17, 15) is 23.7 Å². The number of phosphoric acid groups is 1. The molecule has 2 unspecified atom stereocenters. The first kappa shape index (κ1) is 30.3. The van der Waals surface area contributed by atoms with Gasteiger partial charge in [0.2, 0.25) is 17.8 Å². The minimum atomic E-state index is -4.20. The Morgan fingerprint density at radius 2 is 1.88 bits per heavy atom. The third kappa shape index (κ3) is 10.3. The van der Waals surface area contributed by atoms with Crippen LogP contribution < -0.4 is 16.4 Å². The van der Waals surface area contributed by atoms with E-state index in [1.807, 2.05) is 13.8 Å². The van der Waals surface area contributed by atoms with Crippen molar-refractivity contribution in [3.05, 3.63) is 0 Å². The molecule has 15 heteroatoms. The number of hydrogen-bond donors (Lipinski definition) is 3. The Labute approximate surface area is 203 Å². The van der Waals surface area contributed by atoms with Crippen molar-refractivity contribution >= 4 is 42.7 Å². The molecule has 1 aliphatic heterocycles. The second kappa shape index (κ2) is 14.0. The second-order valence-electron chi connectivity index (χ2n) is 8.35. The Bertz CT molecular complexity index is 779. The highest BCUT2D eigenvalue weighted by Crippen LogP contribution is 2.57. The van der Waals surface area contributed by atoms with Crippen molar-refractivity contribution in [1.29, 1.82) is 0 Å². The molecule has 0 aliphatic carbocycles. The fraction of sp³-hybridized carbons (Fsp3) is 0.789. The monoisotopic (exact) mass is 527 g/mol. The molecule has 0 aromatic carbocycles. The molecule has 2 amide bonds. The number of thioether (sulfide) groups is 1. The zero-order chi connectivity index (χ0) is 25.9. The quantitative estimate of drug-likeness (QED) is 0.143. The summed E-state index contributed by atoms with van der Waals surface area (Å²) in [6.07, 6.45) is -2.12. The maximum atomic E-state index is 12.7. The Morgan fingerprint density at radius 3 is 2.50 bits per heavy atom. The van der Waals surface area contributed by atoms with Crippen LogP contribution in [0.2, 0.25) is 0 Å². The molecule has 0 saturated carbocycles. The van der Waals surface area contributed by atoms with Crippen LogP contribution in [0.25, 0.3) is 0 Å². The molecule has 1 heterocycles. The summed E-state index contributed by atoms with van der Waals surface area (Å²) < 4.78 is 37.4. The molecule has 4 N–H and O–H groups in total. The number of hydrogen-bond acceptors (Lipinski definition) is 12. The predicted molar refractivity (Wildman–Crippen MR) is 123 cm³/mol. The van der Waals surface area contributed by atoms with Crippen LogP contribution in [-0.2, 0) is 42.0 Å². The number of methoxy groups -OCH3 is 1. The standard InChI is InChI=1S/C19H34N3O10PS/c1-12(2)14(20)17(25)34-9-8-22-18(26)29-11-31-33(27)30-10-19(3,4)15(32-33)16(24)21-7-6-13(23)28-5/h12,14-15H,6-11,20H2,1-5H3,(H,21,24)(H,22,26)/t14?,15-,33?/m0/s1. The van der Waals surface area contributed by atoms with Gasteiger partial charge in [0.25, 0.3) is 0 Å². The number of rotatable bonds is 12. The number of nitrogens with two attached hydrogens (primary N) is 1. The molecule has 1 saturated heterocycles. The van der Waals surface area contributed by atoms with Crippen LogP contribution in [0, 0.1) is 11.3 Å². The van der Waals surface area contributed by atoms with Crippen LogP contribution in [-0.4, -0.2) is 74.6 Å². The van der Waals surface area contributed by atoms with E-state index in [1.165, 1.54) is 7.11 Å². The van der Waals surface area contributed by atoms with Crippen molar-refractivity contribution in [3.63, 3.8) is 0 Å². The van der Waals surface area contributed by atoms with Crippen molar-refractivity contribution in [2.45, 2.75) is 46.3 Å². The van der Waals surface area contributed by atoms with Gasteiger partial charge in [0.05, 0.1) is 26.2 Å². The Balaban J connectivity index is 2.42. The van der Waals surface area contributed by atoms with Crippen LogP contribution in [0.1, 0.15) is 34.1 Å². The molecule has 196 valence electrons. The summed E-state index contributed by atoms with van der Waals surface area (Å²) in [7, 11) is -2.97. The molecule has 0 aromatic heterocycles. The van der Waals surface area contributed by atoms with Crippen molar-refractivity contribution in [1.82, 2.24) is 10.6 Å². The average molecular weight is 528 g/mol. The molecule has 0 spiro atoms. The molecule has 34 heavy (non-hydrogen) atoms. The molecule has 1 aliphatic rings. The maximum absolute atomic E-state index is 12.7. The topological polar surface area (TPSA) is 182 Å². The number of amides is 2. The van der Waals surface area contributed by atoms with E-state index >= 15 is 0 Å². The van der Waals surface area contributed by atoms with Gasteiger partial charge in [-0.15, -0.1) is 0 Å². The minimum absolute atomic E-state index is 0.00400. The first-order valence-electron chi connectivity index (χ1n) is 10.6. The van der Waals surface area contributed by atoms with Gasteiger partial charge < -0.3 is 25.8 Å². The number of phosphoric ester groups is 1. The van der Waals surface area contributed by atoms with Gasteiger partial charge >= 0.3 is 19.9 Å². The van der Waals surface area contributed by atoms with Crippen LogP contribution in [0.15, 0.2) is 0 Å². The zero-order valence-electron chi connectivity index (χ0n) is 20.0. The zero-order valence-corrected chi connectivity index (χ0v) is 21.7. The van der Waals surface area contributed by atoms with Crippen molar-refractivity contribution in [2.75, 3.05) is 39.4 Å².